The van der Waals surface area contributed by atoms with Gasteiger partial charge in [0.2, 0.25) is 5.91 Å². The van der Waals surface area contributed by atoms with E-state index in [0.717, 1.165) is 10.0 Å². The normalized spacial score (nSPS) is 9.27. The molecule has 15 heavy (non-hydrogen) atoms. The molecular formula is C10H14BrClN2O. The Balaban J connectivity index is 0.00000196. The third kappa shape index (κ3) is 4.20. The standard InChI is InChI=1S/C10H13BrN2O.ClH/c1-13(10(14)6-12)7-8-4-2-3-5-9(8)11;/h2-5H,6-7,12H2,1H3;1H. The molecule has 1 aromatic rings. The largest absolute Gasteiger partial charge is 0.340 e. The zero-order valence-electron chi connectivity index (χ0n) is 8.44. The number of carbonyl (C=O) groups is 1. The van der Waals surface area contributed by atoms with E-state index in [0.29, 0.717) is 6.54 Å². The van der Waals surface area contributed by atoms with Crippen LogP contribution in [0.1, 0.15) is 5.56 Å². The molecule has 5 heteroatoms. The number of hydrogen-bond acceptors (Lipinski definition) is 2. The van der Waals surface area contributed by atoms with Gasteiger partial charge in [0.05, 0.1) is 6.54 Å². The van der Waals surface area contributed by atoms with Crippen molar-refractivity contribution < 1.29 is 4.79 Å². The number of benzene rings is 1. The molecule has 0 spiro atoms. The molecule has 0 unspecified atom stereocenters. The van der Waals surface area contributed by atoms with E-state index in [2.05, 4.69) is 15.9 Å². The number of amides is 1. The topological polar surface area (TPSA) is 46.3 Å². The van der Waals surface area contributed by atoms with E-state index < -0.39 is 0 Å². The zero-order valence-corrected chi connectivity index (χ0v) is 10.8. The van der Waals surface area contributed by atoms with Gasteiger partial charge >= 0.3 is 0 Å². The molecule has 0 saturated carbocycles. The fraction of sp³-hybridized carbons (Fsp3) is 0.300. The summed E-state index contributed by atoms with van der Waals surface area (Å²) in [5.41, 5.74) is 6.34. The number of hydrogen-bond donors (Lipinski definition) is 1. The van der Waals surface area contributed by atoms with Crippen LogP contribution in [-0.2, 0) is 11.3 Å². The molecule has 3 nitrogen and oxygen atoms in total. The second kappa shape index (κ2) is 6.82. The summed E-state index contributed by atoms with van der Waals surface area (Å²) >= 11 is 3.43. The second-order valence-corrected chi connectivity index (χ2v) is 3.90. The highest BCUT2D eigenvalue weighted by Gasteiger charge is 2.07. The summed E-state index contributed by atoms with van der Waals surface area (Å²) in [6.07, 6.45) is 0. The number of nitrogens with two attached hydrogens (primary N) is 1. The summed E-state index contributed by atoms with van der Waals surface area (Å²) in [5.74, 6) is -0.0549. The molecule has 1 aromatic carbocycles. The van der Waals surface area contributed by atoms with Crippen molar-refractivity contribution in [3.05, 3.63) is 34.3 Å². The van der Waals surface area contributed by atoms with Gasteiger partial charge < -0.3 is 10.6 Å². The predicted molar refractivity (Wildman–Crippen MR) is 66.9 cm³/mol. The highest BCUT2D eigenvalue weighted by Crippen LogP contribution is 2.17. The Morgan fingerprint density at radius 1 is 1.47 bits per heavy atom. The van der Waals surface area contributed by atoms with Gasteiger partial charge in [-0.05, 0) is 11.6 Å². The van der Waals surface area contributed by atoms with Crippen molar-refractivity contribution in [3.63, 3.8) is 0 Å². The minimum atomic E-state index is -0.0549. The van der Waals surface area contributed by atoms with E-state index >= 15 is 0 Å². The lowest BCUT2D eigenvalue weighted by Crippen LogP contribution is -2.32. The van der Waals surface area contributed by atoms with E-state index in [9.17, 15) is 4.79 Å². The van der Waals surface area contributed by atoms with Crippen LogP contribution in [0, 0.1) is 0 Å². The van der Waals surface area contributed by atoms with Crippen LogP contribution in [0.5, 0.6) is 0 Å². The fourth-order valence-corrected chi connectivity index (χ4v) is 1.54. The SMILES string of the molecule is CN(Cc1ccccc1Br)C(=O)CN.Cl. The Kier molecular flexibility index (Phi) is 6.56. The first-order valence-corrected chi connectivity index (χ1v) is 5.12. The molecule has 0 aromatic heterocycles. The monoisotopic (exact) mass is 292 g/mol. The summed E-state index contributed by atoms with van der Waals surface area (Å²) in [7, 11) is 1.74. The average Bonchev–Trinajstić information content (AvgIpc) is 2.20. The summed E-state index contributed by atoms with van der Waals surface area (Å²) in [6.45, 7) is 0.637. The Bertz CT molecular complexity index is 333. The maximum atomic E-state index is 11.2. The molecule has 1 amide bonds. The van der Waals surface area contributed by atoms with Gasteiger partial charge in [-0.3, -0.25) is 4.79 Å². The van der Waals surface area contributed by atoms with Crippen molar-refractivity contribution in [3.8, 4) is 0 Å². The minimum Gasteiger partial charge on any atom is -0.340 e. The van der Waals surface area contributed by atoms with Crippen LogP contribution in [0.25, 0.3) is 0 Å². The first kappa shape index (κ1) is 14.4. The number of carbonyl (C=O) groups excluding carboxylic acids is 1. The van der Waals surface area contributed by atoms with Crippen LogP contribution in [0.15, 0.2) is 28.7 Å². The van der Waals surface area contributed by atoms with Crippen molar-refractivity contribution in [2.45, 2.75) is 6.54 Å². The molecule has 0 aliphatic carbocycles. The van der Waals surface area contributed by atoms with E-state index in [1.54, 1.807) is 11.9 Å². The molecule has 0 atom stereocenters. The Morgan fingerprint density at radius 2 is 2.07 bits per heavy atom. The van der Waals surface area contributed by atoms with E-state index in [4.69, 9.17) is 5.73 Å². The lowest BCUT2D eigenvalue weighted by atomic mass is 10.2. The van der Waals surface area contributed by atoms with Crippen LogP contribution < -0.4 is 5.73 Å². The molecule has 0 saturated heterocycles. The van der Waals surface area contributed by atoms with Crippen molar-refractivity contribution in [1.29, 1.82) is 0 Å². The van der Waals surface area contributed by atoms with Gasteiger partial charge in [-0.1, -0.05) is 34.1 Å². The van der Waals surface area contributed by atoms with Crippen LogP contribution in [-0.4, -0.2) is 24.4 Å². The molecule has 0 fully saturated rings. The Hall–Kier alpha value is -0.580. The van der Waals surface area contributed by atoms with Crippen molar-refractivity contribution >= 4 is 34.2 Å². The van der Waals surface area contributed by atoms with Crippen LogP contribution >= 0.6 is 28.3 Å². The van der Waals surface area contributed by atoms with E-state index in [-0.39, 0.29) is 24.9 Å². The molecule has 0 heterocycles. The third-order valence-electron chi connectivity index (χ3n) is 1.97. The van der Waals surface area contributed by atoms with E-state index in [1.165, 1.54) is 0 Å². The van der Waals surface area contributed by atoms with Crippen molar-refractivity contribution in [2.24, 2.45) is 5.73 Å². The minimum absolute atomic E-state index is 0. The van der Waals surface area contributed by atoms with Gasteiger partial charge in [-0.15, -0.1) is 12.4 Å². The number of nitrogens with zero attached hydrogens (tertiary/aromatic N) is 1. The summed E-state index contributed by atoms with van der Waals surface area (Å²) in [4.78, 5) is 12.8. The summed E-state index contributed by atoms with van der Waals surface area (Å²) in [6, 6.07) is 7.82. The first-order chi connectivity index (χ1) is 6.65. The van der Waals surface area contributed by atoms with Gasteiger partial charge in [0.25, 0.3) is 0 Å². The third-order valence-corrected chi connectivity index (χ3v) is 2.74. The molecule has 84 valence electrons. The number of likely N-dealkylation sites (N-methyl/N-ethyl adjacent to an activating group) is 1. The maximum Gasteiger partial charge on any atom is 0.236 e. The fourth-order valence-electron chi connectivity index (χ4n) is 1.13. The molecule has 0 aliphatic heterocycles. The second-order valence-electron chi connectivity index (χ2n) is 3.05. The predicted octanol–water partition coefficient (Wildman–Crippen LogP) is 1.79. The summed E-state index contributed by atoms with van der Waals surface area (Å²) in [5, 5.41) is 0. The molecule has 2 N–H and O–H groups in total. The molecule has 0 bridgehead atoms. The smallest absolute Gasteiger partial charge is 0.236 e. The van der Waals surface area contributed by atoms with Crippen LogP contribution in [0.4, 0.5) is 0 Å². The molecule has 0 radical (unpaired) electrons. The Morgan fingerprint density at radius 3 is 2.60 bits per heavy atom. The van der Waals surface area contributed by atoms with Crippen LogP contribution in [0.2, 0.25) is 0 Å². The lowest BCUT2D eigenvalue weighted by Gasteiger charge is -2.16. The summed E-state index contributed by atoms with van der Waals surface area (Å²) < 4.78 is 1.01. The van der Waals surface area contributed by atoms with Crippen LogP contribution in [0.3, 0.4) is 0 Å². The number of rotatable bonds is 3. The van der Waals surface area contributed by atoms with Gasteiger partial charge in [-0.25, -0.2) is 0 Å². The van der Waals surface area contributed by atoms with Gasteiger partial charge in [0, 0.05) is 18.1 Å². The number of halogens is 2. The molecule has 0 aliphatic rings. The quantitative estimate of drug-likeness (QED) is 0.923. The average molecular weight is 294 g/mol. The van der Waals surface area contributed by atoms with Crippen molar-refractivity contribution in [1.82, 2.24) is 4.90 Å². The lowest BCUT2D eigenvalue weighted by molar-refractivity contribution is -0.128. The van der Waals surface area contributed by atoms with Gasteiger partial charge in [0.15, 0.2) is 0 Å². The first-order valence-electron chi connectivity index (χ1n) is 4.32. The van der Waals surface area contributed by atoms with Gasteiger partial charge in [0.1, 0.15) is 0 Å². The van der Waals surface area contributed by atoms with Gasteiger partial charge in [-0.2, -0.15) is 0 Å². The highest BCUT2D eigenvalue weighted by atomic mass is 79.9. The Labute approximate surface area is 104 Å². The highest BCUT2D eigenvalue weighted by molar-refractivity contribution is 9.10. The zero-order chi connectivity index (χ0) is 10.6. The maximum absolute atomic E-state index is 11.2. The molecular weight excluding hydrogens is 279 g/mol. The van der Waals surface area contributed by atoms with E-state index in [1.807, 2.05) is 24.3 Å². The molecule has 1 rings (SSSR count). The van der Waals surface area contributed by atoms with Crippen molar-refractivity contribution in [2.75, 3.05) is 13.6 Å².